The van der Waals surface area contributed by atoms with Crippen molar-refractivity contribution in [3.05, 3.63) is 34.9 Å². The molecule has 1 aromatic rings. The van der Waals surface area contributed by atoms with Crippen molar-refractivity contribution in [2.45, 2.75) is 52.1 Å². The van der Waals surface area contributed by atoms with Crippen molar-refractivity contribution in [2.75, 3.05) is 6.61 Å². The molecule has 0 amide bonds. The smallest absolute Gasteiger partial charge is 0.162 e. The van der Waals surface area contributed by atoms with Gasteiger partial charge in [-0.2, -0.15) is 0 Å². The van der Waals surface area contributed by atoms with E-state index < -0.39 is 0 Å². The Balaban J connectivity index is 1.83. The molecule has 1 aliphatic rings. The largest absolute Gasteiger partial charge is 0.378 e. The number of carbonyl (C=O) groups excluding carboxylic acids is 1. The van der Waals surface area contributed by atoms with E-state index in [1.54, 1.807) is 0 Å². The van der Waals surface area contributed by atoms with Crippen molar-refractivity contribution in [3.63, 3.8) is 0 Å². The zero-order valence-corrected chi connectivity index (χ0v) is 11.4. The quantitative estimate of drug-likeness (QED) is 0.738. The van der Waals surface area contributed by atoms with E-state index in [2.05, 4.69) is 6.07 Å². The molecule has 0 spiro atoms. The van der Waals surface area contributed by atoms with Crippen LogP contribution in [0.4, 0.5) is 0 Å². The molecular formula is C16H22O2. The zero-order chi connectivity index (χ0) is 13.0. The molecule has 1 saturated heterocycles. The molecule has 1 unspecified atom stereocenters. The third-order valence-corrected chi connectivity index (χ3v) is 3.50. The number of ether oxygens (including phenoxy) is 1. The van der Waals surface area contributed by atoms with E-state index in [9.17, 15) is 4.79 Å². The minimum absolute atomic E-state index is 0.264. The molecule has 1 aromatic carbocycles. The molecule has 0 aliphatic carbocycles. The van der Waals surface area contributed by atoms with E-state index in [0.29, 0.717) is 12.5 Å². The van der Waals surface area contributed by atoms with Gasteiger partial charge in [-0.25, -0.2) is 0 Å². The van der Waals surface area contributed by atoms with Crippen molar-refractivity contribution in [2.24, 2.45) is 0 Å². The number of hydrogen-bond donors (Lipinski definition) is 0. The standard InChI is InChI=1S/C16H22O2/c1-12-9-13(2)11-14(10-12)16(17)7-3-5-15-6-4-8-18-15/h9-11,15H,3-8H2,1-2H3. The highest BCUT2D eigenvalue weighted by Crippen LogP contribution is 2.19. The summed E-state index contributed by atoms with van der Waals surface area (Å²) in [6, 6.07) is 6.08. The number of Topliss-reactive ketones (excluding diaryl/α,β-unsaturated/α-hetero) is 1. The van der Waals surface area contributed by atoms with Gasteiger partial charge in [0.1, 0.15) is 0 Å². The van der Waals surface area contributed by atoms with Gasteiger partial charge in [-0.05, 0) is 51.7 Å². The van der Waals surface area contributed by atoms with Crippen LogP contribution in [-0.4, -0.2) is 18.5 Å². The van der Waals surface area contributed by atoms with Gasteiger partial charge >= 0.3 is 0 Å². The average molecular weight is 246 g/mol. The summed E-state index contributed by atoms with van der Waals surface area (Å²) < 4.78 is 5.57. The average Bonchev–Trinajstić information content (AvgIpc) is 2.80. The van der Waals surface area contributed by atoms with Crippen LogP contribution in [0.1, 0.15) is 53.6 Å². The second kappa shape index (κ2) is 6.14. The fraction of sp³-hybridized carbons (Fsp3) is 0.562. The van der Waals surface area contributed by atoms with Gasteiger partial charge in [-0.15, -0.1) is 0 Å². The maximum absolute atomic E-state index is 12.1. The SMILES string of the molecule is Cc1cc(C)cc(C(=O)CCCC2CCCO2)c1. The summed E-state index contributed by atoms with van der Waals surface area (Å²) in [5.41, 5.74) is 3.19. The lowest BCUT2D eigenvalue weighted by atomic mass is 10.00. The third-order valence-electron chi connectivity index (χ3n) is 3.50. The van der Waals surface area contributed by atoms with Gasteiger partial charge in [0.2, 0.25) is 0 Å². The van der Waals surface area contributed by atoms with E-state index in [1.807, 2.05) is 26.0 Å². The van der Waals surface area contributed by atoms with Crippen LogP contribution in [0.25, 0.3) is 0 Å². The lowest BCUT2D eigenvalue weighted by Crippen LogP contribution is -2.06. The Labute approximate surface area is 109 Å². The molecule has 2 rings (SSSR count). The van der Waals surface area contributed by atoms with Crippen molar-refractivity contribution >= 4 is 5.78 Å². The maximum Gasteiger partial charge on any atom is 0.162 e. The van der Waals surface area contributed by atoms with Crippen LogP contribution in [-0.2, 0) is 4.74 Å². The Morgan fingerprint density at radius 1 is 1.28 bits per heavy atom. The Kier molecular flexibility index (Phi) is 4.54. The van der Waals surface area contributed by atoms with Gasteiger partial charge < -0.3 is 4.74 Å². The minimum Gasteiger partial charge on any atom is -0.378 e. The second-order valence-corrected chi connectivity index (χ2v) is 5.33. The summed E-state index contributed by atoms with van der Waals surface area (Å²) in [6.07, 6.45) is 5.35. The van der Waals surface area contributed by atoms with Gasteiger partial charge in [-0.1, -0.05) is 17.2 Å². The fourth-order valence-corrected chi connectivity index (χ4v) is 2.64. The lowest BCUT2D eigenvalue weighted by molar-refractivity contribution is 0.0922. The Hall–Kier alpha value is -1.15. The van der Waals surface area contributed by atoms with E-state index in [1.165, 1.54) is 6.42 Å². The van der Waals surface area contributed by atoms with Crippen LogP contribution < -0.4 is 0 Å². The highest BCUT2D eigenvalue weighted by molar-refractivity contribution is 5.96. The van der Waals surface area contributed by atoms with Gasteiger partial charge in [-0.3, -0.25) is 4.79 Å². The predicted molar refractivity (Wildman–Crippen MR) is 73.1 cm³/mol. The first-order valence-electron chi connectivity index (χ1n) is 6.88. The second-order valence-electron chi connectivity index (χ2n) is 5.33. The maximum atomic E-state index is 12.1. The molecule has 1 heterocycles. The molecule has 1 atom stereocenters. The number of hydrogen-bond acceptors (Lipinski definition) is 2. The van der Waals surface area contributed by atoms with Crippen molar-refractivity contribution in [1.29, 1.82) is 0 Å². The number of rotatable bonds is 5. The summed E-state index contributed by atoms with van der Waals surface area (Å²) in [7, 11) is 0. The number of aryl methyl sites for hydroxylation is 2. The Morgan fingerprint density at radius 2 is 2.00 bits per heavy atom. The topological polar surface area (TPSA) is 26.3 Å². The highest BCUT2D eigenvalue weighted by Gasteiger charge is 2.15. The Morgan fingerprint density at radius 3 is 2.61 bits per heavy atom. The molecule has 0 saturated carbocycles. The molecule has 0 radical (unpaired) electrons. The fourth-order valence-electron chi connectivity index (χ4n) is 2.64. The summed E-state index contributed by atoms with van der Waals surface area (Å²) in [4.78, 5) is 12.1. The van der Waals surface area contributed by atoms with Crippen LogP contribution in [0.2, 0.25) is 0 Å². The molecule has 0 N–H and O–H groups in total. The van der Waals surface area contributed by atoms with Crippen molar-refractivity contribution in [3.8, 4) is 0 Å². The van der Waals surface area contributed by atoms with Gasteiger partial charge in [0.25, 0.3) is 0 Å². The zero-order valence-electron chi connectivity index (χ0n) is 11.4. The Bertz CT molecular complexity index is 397. The summed E-state index contributed by atoms with van der Waals surface area (Å²) in [5, 5.41) is 0. The number of ketones is 1. The summed E-state index contributed by atoms with van der Waals surface area (Å²) in [6.45, 7) is 4.97. The summed E-state index contributed by atoms with van der Waals surface area (Å²) >= 11 is 0. The van der Waals surface area contributed by atoms with E-state index >= 15 is 0 Å². The summed E-state index contributed by atoms with van der Waals surface area (Å²) in [5.74, 6) is 0.264. The normalized spacial score (nSPS) is 19.1. The van der Waals surface area contributed by atoms with E-state index in [-0.39, 0.29) is 5.78 Å². The third kappa shape index (κ3) is 3.67. The molecule has 1 fully saturated rings. The molecular weight excluding hydrogens is 224 g/mol. The number of carbonyl (C=O) groups is 1. The number of benzene rings is 1. The van der Waals surface area contributed by atoms with Gasteiger partial charge in [0, 0.05) is 18.6 Å². The highest BCUT2D eigenvalue weighted by atomic mass is 16.5. The van der Waals surface area contributed by atoms with Crippen LogP contribution in [0.5, 0.6) is 0 Å². The minimum atomic E-state index is 0.264. The molecule has 2 heteroatoms. The first-order valence-corrected chi connectivity index (χ1v) is 6.88. The lowest BCUT2D eigenvalue weighted by Gasteiger charge is -2.08. The molecule has 0 bridgehead atoms. The van der Waals surface area contributed by atoms with Crippen LogP contribution in [0.3, 0.4) is 0 Å². The molecule has 2 nitrogen and oxygen atoms in total. The molecule has 1 aliphatic heterocycles. The van der Waals surface area contributed by atoms with E-state index in [0.717, 1.165) is 42.6 Å². The molecule has 98 valence electrons. The van der Waals surface area contributed by atoms with Gasteiger partial charge in [0.05, 0.1) is 6.10 Å². The van der Waals surface area contributed by atoms with Crippen LogP contribution >= 0.6 is 0 Å². The van der Waals surface area contributed by atoms with E-state index in [4.69, 9.17) is 4.74 Å². The molecule has 0 aromatic heterocycles. The molecule has 18 heavy (non-hydrogen) atoms. The van der Waals surface area contributed by atoms with Crippen molar-refractivity contribution < 1.29 is 9.53 Å². The monoisotopic (exact) mass is 246 g/mol. The first-order chi connectivity index (χ1) is 8.65. The predicted octanol–water partition coefficient (Wildman–Crippen LogP) is 3.84. The van der Waals surface area contributed by atoms with Gasteiger partial charge in [0.15, 0.2) is 5.78 Å². The van der Waals surface area contributed by atoms with Crippen LogP contribution in [0, 0.1) is 13.8 Å². The van der Waals surface area contributed by atoms with Crippen LogP contribution in [0.15, 0.2) is 18.2 Å². The van der Waals surface area contributed by atoms with Crippen molar-refractivity contribution in [1.82, 2.24) is 0 Å². The first kappa shape index (κ1) is 13.3.